The predicted molar refractivity (Wildman–Crippen MR) is 164 cm³/mol. The third-order valence-corrected chi connectivity index (χ3v) is 8.27. The quantitative estimate of drug-likeness (QED) is 0.131. The number of benzene rings is 2. The van der Waals surface area contributed by atoms with Crippen LogP contribution in [0.2, 0.25) is 0 Å². The molecule has 2 heterocycles. The third kappa shape index (κ3) is 7.90. The summed E-state index contributed by atoms with van der Waals surface area (Å²) in [7, 11) is 1.57. The molecule has 0 spiro atoms. The Hall–Kier alpha value is -2.96. The minimum Gasteiger partial charge on any atom is -0.598 e. The van der Waals surface area contributed by atoms with Gasteiger partial charge >= 0.3 is 5.97 Å². The molecule has 0 radical (unpaired) electrons. The van der Waals surface area contributed by atoms with Crippen molar-refractivity contribution in [2.75, 3.05) is 13.7 Å². The SMILES string of the molecule is CCOC(=O)Cc1ccc(Br)cc1OCc1cc(-c2ccnc(CN[S+]([O-])C(C)(C)C)c2F)c2oc(COC)cc2c1. The van der Waals surface area contributed by atoms with Crippen molar-refractivity contribution in [2.45, 2.75) is 58.6 Å². The van der Waals surface area contributed by atoms with Crippen LogP contribution >= 0.6 is 15.9 Å². The van der Waals surface area contributed by atoms with Gasteiger partial charge in [0.2, 0.25) is 0 Å². The Morgan fingerprint density at radius 3 is 2.64 bits per heavy atom. The summed E-state index contributed by atoms with van der Waals surface area (Å²) in [6, 6.07) is 12.6. The van der Waals surface area contributed by atoms with Crippen molar-refractivity contribution in [2.24, 2.45) is 0 Å². The fourth-order valence-electron chi connectivity index (χ4n) is 4.27. The van der Waals surface area contributed by atoms with Crippen molar-refractivity contribution in [1.29, 1.82) is 0 Å². The van der Waals surface area contributed by atoms with E-state index in [1.54, 1.807) is 26.2 Å². The lowest BCUT2D eigenvalue weighted by molar-refractivity contribution is -0.142. The molecule has 4 rings (SSSR count). The molecule has 0 aliphatic heterocycles. The Morgan fingerprint density at radius 1 is 1.14 bits per heavy atom. The molecule has 2 aromatic heterocycles. The maximum absolute atomic E-state index is 15.9. The van der Waals surface area contributed by atoms with E-state index >= 15 is 4.39 Å². The van der Waals surface area contributed by atoms with Crippen molar-refractivity contribution < 1.29 is 32.4 Å². The maximum atomic E-state index is 15.9. The van der Waals surface area contributed by atoms with E-state index in [0.717, 1.165) is 15.4 Å². The fourth-order valence-corrected chi connectivity index (χ4v) is 5.31. The van der Waals surface area contributed by atoms with Gasteiger partial charge in [0, 0.05) is 51.2 Å². The molecule has 4 aromatic rings. The van der Waals surface area contributed by atoms with Crippen LogP contribution in [-0.2, 0) is 51.8 Å². The van der Waals surface area contributed by atoms with Crippen LogP contribution in [0.5, 0.6) is 5.75 Å². The lowest BCUT2D eigenvalue weighted by Crippen LogP contribution is -2.39. The van der Waals surface area contributed by atoms with Crippen LogP contribution in [0.3, 0.4) is 0 Å². The highest BCUT2D eigenvalue weighted by Gasteiger charge is 2.27. The molecule has 1 N–H and O–H groups in total. The number of halogens is 2. The molecule has 0 saturated carbocycles. The number of nitrogens with one attached hydrogen (secondary N) is 1. The molecule has 0 bridgehead atoms. The first-order chi connectivity index (χ1) is 20.0. The Morgan fingerprint density at radius 2 is 1.93 bits per heavy atom. The first-order valence-corrected chi connectivity index (χ1v) is 15.3. The molecule has 11 heteroatoms. The van der Waals surface area contributed by atoms with Crippen molar-refractivity contribution in [1.82, 2.24) is 9.71 Å². The van der Waals surface area contributed by atoms with Crippen LogP contribution in [0.4, 0.5) is 4.39 Å². The van der Waals surface area contributed by atoms with Gasteiger partial charge in [-0.3, -0.25) is 9.78 Å². The number of rotatable bonds is 12. The molecule has 2 aromatic carbocycles. The summed E-state index contributed by atoms with van der Waals surface area (Å²) < 4.78 is 54.2. The van der Waals surface area contributed by atoms with E-state index in [9.17, 15) is 9.35 Å². The number of aromatic nitrogens is 1. The number of nitrogens with zero attached hydrogens (tertiary/aromatic N) is 1. The average molecular weight is 662 g/mol. The summed E-state index contributed by atoms with van der Waals surface area (Å²) in [5.74, 6) is 0.236. The molecule has 0 aliphatic rings. The highest BCUT2D eigenvalue weighted by atomic mass is 79.9. The topological polar surface area (TPSA) is 106 Å². The number of esters is 1. The van der Waals surface area contributed by atoms with Crippen LogP contribution in [-0.4, -0.2) is 34.0 Å². The summed E-state index contributed by atoms with van der Waals surface area (Å²) in [6.07, 6.45) is 1.59. The van der Waals surface area contributed by atoms with E-state index in [1.807, 2.05) is 51.1 Å². The molecule has 0 fully saturated rings. The zero-order chi connectivity index (χ0) is 30.4. The van der Waals surface area contributed by atoms with Gasteiger partial charge in [0.1, 0.15) is 35.1 Å². The fraction of sp³-hybridized carbons (Fsp3) is 0.355. The molecule has 1 unspecified atom stereocenters. The lowest BCUT2D eigenvalue weighted by atomic mass is 10.00. The van der Waals surface area contributed by atoms with Gasteiger partial charge in [0.05, 0.1) is 25.3 Å². The van der Waals surface area contributed by atoms with Crippen LogP contribution in [0, 0.1) is 5.82 Å². The lowest BCUT2D eigenvalue weighted by Gasteiger charge is -2.23. The number of ether oxygens (including phenoxy) is 3. The van der Waals surface area contributed by atoms with Gasteiger partial charge < -0.3 is 23.2 Å². The molecular formula is C31H34BrFN2O6S. The molecule has 0 aliphatic carbocycles. The van der Waals surface area contributed by atoms with E-state index in [4.69, 9.17) is 18.6 Å². The Bertz CT molecular complexity index is 1550. The number of carbonyl (C=O) groups is 1. The van der Waals surface area contributed by atoms with Crippen LogP contribution in [0.1, 0.15) is 50.3 Å². The van der Waals surface area contributed by atoms with Gasteiger partial charge in [-0.15, -0.1) is 4.72 Å². The monoisotopic (exact) mass is 660 g/mol. The standard InChI is InChI=1S/C31H34BrFN2O6S/c1-6-39-28(36)14-20-7-8-22(32)15-27(20)40-17-19-11-21-13-23(18-38-5)41-30(21)25(12-19)24-9-10-34-26(29(24)33)16-35-42(37)31(2,3)4/h7-13,15,35H,6,14,16-18H2,1-5H3. The van der Waals surface area contributed by atoms with Gasteiger partial charge in [0.15, 0.2) is 5.82 Å². The van der Waals surface area contributed by atoms with E-state index in [0.29, 0.717) is 40.4 Å². The zero-order valence-corrected chi connectivity index (χ0v) is 26.6. The second kappa shape index (κ2) is 14.0. The molecule has 224 valence electrons. The molecule has 1 atom stereocenters. The maximum Gasteiger partial charge on any atom is 0.310 e. The number of furan rings is 1. The summed E-state index contributed by atoms with van der Waals surface area (Å²) >= 11 is 2.08. The van der Waals surface area contributed by atoms with Crippen LogP contribution in [0.15, 0.2) is 57.6 Å². The Balaban J connectivity index is 1.69. The van der Waals surface area contributed by atoms with Crippen molar-refractivity contribution in [3.8, 4) is 16.9 Å². The Kier molecular flexibility index (Phi) is 10.7. The molecule has 8 nitrogen and oxygen atoms in total. The first-order valence-electron chi connectivity index (χ1n) is 13.4. The second-order valence-corrected chi connectivity index (χ2v) is 13.5. The number of hydrogen-bond acceptors (Lipinski definition) is 8. The summed E-state index contributed by atoms with van der Waals surface area (Å²) in [6.45, 7) is 7.95. The van der Waals surface area contributed by atoms with Gasteiger partial charge in [-0.05, 0) is 69.7 Å². The highest BCUT2D eigenvalue weighted by Crippen LogP contribution is 2.35. The largest absolute Gasteiger partial charge is 0.598 e. The molecule has 0 saturated heterocycles. The molecular weight excluding hydrogens is 627 g/mol. The molecule has 0 amide bonds. The Labute approximate surface area is 256 Å². The van der Waals surface area contributed by atoms with Crippen LogP contribution in [0.25, 0.3) is 22.1 Å². The van der Waals surface area contributed by atoms with Gasteiger partial charge in [-0.25, -0.2) is 4.39 Å². The van der Waals surface area contributed by atoms with Crippen molar-refractivity contribution in [3.05, 3.63) is 81.5 Å². The molecule has 42 heavy (non-hydrogen) atoms. The summed E-state index contributed by atoms with van der Waals surface area (Å²) in [5.41, 5.74) is 2.90. The van der Waals surface area contributed by atoms with E-state index in [1.165, 1.54) is 6.20 Å². The van der Waals surface area contributed by atoms with Gasteiger partial charge in [-0.2, -0.15) is 0 Å². The number of pyridine rings is 1. The summed E-state index contributed by atoms with van der Waals surface area (Å²) in [5, 5.41) is 0.754. The minimum atomic E-state index is -1.39. The number of fused-ring (bicyclic) bond motifs is 1. The highest BCUT2D eigenvalue weighted by molar-refractivity contribution is 9.10. The number of hydrogen-bond donors (Lipinski definition) is 1. The van der Waals surface area contributed by atoms with Gasteiger partial charge in [0.25, 0.3) is 0 Å². The smallest absolute Gasteiger partial charge is 0.310 e. The third-order valence-electron chi connectivity index (χ3n) is 6.26. The predicted octanol–water partition coefficient (Wildman–Crippen LogP) is 6.78. The van der Waals surface area contributed by atoms with Gasteiger partial charge in [-0.1, -0.05) is 22.0 Å². The van der Waals surface area contributed by atoms with Crippen molar-refractivity contribution in [3.63, 3.8) is 0 Å². The van der Waals surface area contributed by atoms with Crippen LogP contribution < -0.4 is 9.46 Å². The van der Waals surface area contributed by atoms with E-state index in [2.05, 4.69) is 25.6 Å². The zero-order valence-electron chi connectivity index (χ0n) is 24.2. The normalized spacial score (nSPS) is 12.5. The van der Waals surface area contributed by atoms with Crippen molar-refractivity contribution >= 4 is 44.2 Å². The average Bonchev–Trinajstić information content (AvgIpc) is 3.34. The minimum absolute atomic E-state index is 0.00525. The summed E-state index contributed by atoms with van der Waals surface area (Å²) in [4.78, 5) is 16.3. The van der Waals surface area contributed by atoms with E-state index < -0.39 is 21.9 Å². The number of methoxy groups -OCH3 is 1. The number of carbonyl (C=O) groups excluding carboxylic acids is 1. The second-order valence-electron chi connectivity index (χ2n) is 10.6. The van der Waals surface area contributed by atoms with E-state index in [-0.39, 0.29) is 37.8 Å². The first kappa shape index (κ1) is 32.0.